The number of anilines is 1. The van der Waals surface area contributed by atoms with Gasteiger partial charge in [-0.2, -0.15) is 0 Å². The smallest absolute Gasteiger partial charge is 0.253 e. The Morgan fingerprint density at radius 2 is 2.00 bits per heavy atom. The fourth-order valence-electron chi connectivity index (χ4n) is 2.23. The summed E-state index contributed by atoms with van der Waals surface area (Å²) < 4.78 is 0. The molecule has 108 valence electrons. The summed E-state index contributed by atoms with van der Waals surface area (Å²) in [4.78, 5) is 25.1. The van der Waals surface area contributed by atoms with Gasteiger partial charge in [-0.3, -0.25) is 9.59 Å². The quantitative estimate of drug-likeness (QED) is 0.871. The van der Waals surface area contributed by atoms with Crippen LogP contribution in [0.5, 0.6) is 0 Å². The number of nitrogens with zero attached hydrogens (tertiary/aromatic N) is 1. The van der Waals surface area contributed by atoms with Crippen LogP contribution in [0.25, 0.3) is 0 Å². The molecule has 0 aromatic heterocycles. The Balaban J connectivity index is 2.11. The number of benzene rings is 1. The van der Waals surface area contributed by atoms with Crippen molar-refractivity contribution in [3.63, 3.8) is 0 Å². The van der Waals surface area contributed by atoms with Gasteiger partial charge in [-0.25, -0.2) is 0 Å². The van der Waals surface area contributed by atoms with E-state index in [2.05, 4.69) is 5.32 Å². The van der Waals surface area contributed by atoms with Crippen molar-refractivity contribution in [2.24, 2.45) is 0 Å². The zero-order valence-electron chi connectivity index (χ0n) is 11.8. The van der Waals surface area contributed by atoms with Crippen LogP contribution in [0.2, 0.25) is 0 Å². The lowest BCUT2D eigenvalue weighted by molar-refractivity contribution is -0.116. The minimum atomic E-state index is -0.753. The van der Waals surface area contributed by atoms with Crippen LogP contribution in [0.15, 0.2) is 24.3 Å². The van der Waals surface area contributed by atoms with E-state index in [-0.39, 0.29) is 18.4 Å². The van der Waals surface area contributed by atoms with E-state index in [0.29, 0.717) is 11.3 Å². The average Bonchev–Trinajstić information content (AvgIpc) is 2.41. The van der Waals surface area contributed by atoms with Gasteiger partial charge in [-0.15, -0.1) is 0 Å². The highest BCUT2D eigenvalue weighted by molar-refractivity contribution is 6.04. The lowest BCUT2D eigenvalue weighted by Crippen LogP contribution is -2.48. The zero-order valence-corrected chi connectivity index (χ0v) is 11.8. The van der Waals surface area contributed by atoms with Crippen LogP contribution in [0.3, 0.4) is 0 Å². The van der Waals surface area contributed by atoms with Gasteiger partial charge in [0.15, 0.2) is 0 Å². The molecule has 1 aliphatic carbocycles. The van der Waals surface area contributed by atoms with Crippen LogP contribution in [0.4, 0.5) is 5.69 Å². The third-order valence-electron chi connectivity index (χ3n) is 3.84. The number of carbonyl (C=O) groups is 2. The van der Waals surface area contributed by atoms with E-state index in [9.17, 15) is 14.7 Å². The maximum absolute atomic E-state index is 12.2. The fraction of sp³-hybridized carbons (Fsp3) is 0.467. The Hall–Kier alpha value is -1.88. The molecule has 5 heteroatoms. The second-order valence-corrected chi connectivity index (χ2v) is 5.36. The lowest BCUT2D eigenvalue weighted by Gasteiger charge is -2.36. The third-order valence-corrected chi connectivity index (χ3v) is 3.84. The van der Waals surface area contributed by atoms with Gasteiger partial charge in [-0.05, 0) is 31.4 Å². The number of hydrogen-bond acceptors (Lipinski definition) is 3. The lowest BCUT2D eigenvalue weighted by atomic mass is 9.80. The first-order valence-corrected chi connectivity index (χ1v) is 6.77. The first-order chi connectivity index (χ1) is 9.43. The predicted octanol–water partition coefficient (Wildman–Crippen LogP) is 1.31. The molecule has 0 bridgehead atoms. The SMILES string of the molecule is CC(=O)N(C)c1ccccc1C(=O)NCC1(O)CCC1. The van der Waals surface area contributed by atoms with Crippen LogP contribution in [0, 0.1) is 0 Å². The van der Waals surface area contributed by atoms with Crippen molar-refractivity contribution < 1.29 is 14.7 Å². The molecule has 0 atom stereocenters. The maximum Gasteiger partial charge on any atom is 0.253 e. The molecule has 0 unspecified atom stereocenters. The second kappa shape index (κ2) is 5.63. The van der Waals surface area contributed by atoms with Crippen molar-refractivity contribution in [2.75, 3.05) is 18.5 Å². The molecule has 1 aliphatic rings. The summed E-state index contributed by atoms with van der Waals surface area (Å²) in [7, 11) is 1.63. The van der Waals surface area contributed by atoms with E-state index in [1.165, 1.54) is 11.8 Å². The Kier molecular flexibility index (Phi) is 4.09. The monoisotopic (exact) mass is 276 g/mol. The van der Waals surface area contributed by atoms with Crippen LogP contribution in [-0.2, 0) is 4.79 Å². The van der Waals surface area contributed by atoms with E-state index in [1.54, 1.807) is 31.3 Å². The molecular weight excluding hydrogens is 256 g/mol. The highest BCUT2D eigenvalue weighted by Crippen LogP contribution is 2.30. The molecule has 1 fully saturated rings. The van der Waals surface area contributed by atoms with E-state index in [4.69, 9.17) is 0 Å². The number of aliphatic hydroxyl groups is 1. The van der Waals surface area contributed by atoms with Gasteiger partial charge in [0.2, 0.25) is 5.91 Å². The van der Waals surface area contributed by atoms with Gasteiger partial charge in [0, 0.05) is 20.5 Å². The summed E-state index contributed by atoms with van der Waals surface area (Å²) in [5.41, 5.74) is 0.253. The molecule has 1 aromatic rings. The Morgan fingerprint density at radius 3 is 2.55 bits per heavy atom. The molecule has 0 radical (unpaired) electrons. The van der Waals surface area contributed by atoms with E-state index in [1.807, 2.05) is 0 Å². The fourth-order valence-corrected chi connectivity index (χ4v) is 2.23. The molecule has 0 spiro atoms. The summed E-state index contributed by atoms with van der Waals surface area (Å²) in [6.45, 7) is 1.70. The van der Waals surface area contributed by atoms with E-state index in [0.717, 1.165) is 19.3 Å². The van der Waals surface area contributed by atoms with Crippen molar-refractivity contribution in [2.45, 2.75) is 31.8 Å². The normalized spacial score (nSPS) is 16.1. The minimum absolute atomic E-state index is 0.136. The summed E-state index contributed by atoms with van der Waals surface area (Å²) in [6, 6.07) is 6.94. The summed E-state index contributed by atoms with van der Waals surface area (Å²) in [5, 5.41) is 12.7. The van der Waals surface area contributed by atoms with Gasteiger partial charge >= 0.3 is 0 Å². The molecular formula is C15H20N2O3. The number of amides is 2. The second-order valence-electron chi connectivity index (χ2n) is 5.36. The summed E-state index contributed by atoms with van der Waals surface area (Å²) >= 11 is 0. The molecule has 1 saturated carbocycles. The predicted molar refractivity (Wildman–Crippen MR) is 76.7 cm³/mol. The molecule has 2 N–H and O–H groups in total. The number of para-hydroxylation sites is 1. The van der Waals surface area contributed by atoms with Crippen molar-refractivity contribution in [3.05, 3.63) is 29.8 Å². The van der Waals surface area contributed by atoms with Gasteiger partial charge in [0.1, 0.15) is 0 Å². The number of carbonyl (C=O) groups excluding carboxylic acids is 2. The van der Waals surface area contributed by atoms with Crippen LogP contribution < -0.4 is 10.2 Å². The van der Waals surface area contributed by atoms with Crippen LogP contribution in [0.1, 0.15) is 36.5 Å². The maximum atomic E-state index is 12.2. The summed E-state index contributed by atoms with van der Waals surface area (Å²) in [6.07, 6.45) is 2.45. The summed E-state index contributed by atoms with van der Waals surface area (Å²) in [5.74, 6) is -0.406. The van der Waals surface area contributed by atoms with E-state index < -0.39 is 5.60 Å². The zero-order chi connectivity index (χ0) is 14.8. The molecule has 2 amide bonds. The van der Waals surface area contributed by atoms with Gasteiger partial charge in [0.25, 0.3) is 5.91 Å². The first-order valence-electron chi connectivity index (χ1n) is 6.77. The molecule has 0 saturated heterocycles. The number of nitrogens with one attached hydrogen (secondary N) is 1. The Bertz CT molecular complexity index is 524. The minimum Gasteiger partial charge on any atom is -0.388 e. The first kappa shape index (κ1) is 14.5. The highest BCUT2D eigenvalue weighted by Gasteiger charge is 2.34. The average molecular weight is 276 g/mol. The molecule has 20 heavy (non-hydrogen) atoms. The number of rotatable bonds is 4. The van der Waals surface area contributed by atoms with Gasteiger partial charge < -0.3 is 15.3 Å². The van der Waals surface area contributed by atoms with Crippen molar-refractivity contribution in [1.82, 2.24) is 5.32 Å². The topological polar surface area (TPSA) is 69.6 Å². The van der Waals surface area contributed by atoms with Gasteiger partial charge in [-0.1, -0.05) is 12.1 Å². The Labute approximate surface area is 118 Å². The van der Waals surface area contributed by atoms with Gasteiger partial charge in [0.05, 0.1) is 16.9 Å². The molecule has 2 rings (SSSR count). The Morgan fingerprint density at radius 1 is 1.35 bits per heavy atom. The molecule has 1 aromatic carbocycles. The van der Waals surface area contributed by atoms with Crippen molar-refractivity contribution >= 4 is 17.5 Å². The van der Waals surface area contributed by atoms with Crippen LogP contribution in [-0.4, -0.2) is 36.1 Å². The van der Waals surface area contributed by atoms with Crippen molar-refractivity contribution in [3.8, 4) is 0 Å². The largest absolute Gasteiger partial charge is 0.388 e. The highest BCUT2D eigenvalue weighted by atomic mass is 16.3. The molecule has 5 nitrogen and oxygen atoms in total. The molecule has 0 aliphatic heterocycles. The number of hydrogen-bond donors (Lipinski definition) is 2. The van der Waals surface area contributed by atoms with E-state index >= 15 is 0 Å². The van der Waals surface area contributed by atoms with Crippen molar-refractivity contribution in [1.29, 1.82) is 0 Å². The van der Waals surface area contributed by atoms with Crippen LogP contribution >= 0.6 is 0 Å². The molecule has 0 heterocycles. The third kappa shape index (κ3) is 2.99. The standard InChI is InChI=1S/C15H20N2O3/c1-11(18)17(2)13-7-4-3-6-12(13)14(19)16-10-15(20)8-5-9-15/h3-4,6-7,20H,5,8-10H2,1-2H3,(H,16,19).